The predicted octanol–water partition coefficient (Wildman–Crippen LogP) is 3.49. The van der Waals surface area contributed by atoms with Crippen LogP contribution >= 0.6 is 24.0 Å². The van der Waals surface area contributed by atoms with Gasteiger partial charge in [0.2, 0.25) is 0 Å². The Hall–Kier alpha value is -1.81. The van der Waals surface area contributed by atoms with Gasteiger partial charge in [-0.3, -0.25) is 0 Å². The van der Waals surface area contributed by atoms with Gasteiger partial charge >= 0.3 is 0 Å². The van der Waals surface area contributed by atoms with Gasteiger partial charge in [0.05, 0.1) is 12.3 Å². The predicted molar refractivity (Wildman–Crippen MR) is 140 cm³/mol. The number of guanidine groups is 1. The first-order valence-electron chi connectivity index (χ1n) is 10.4. The molecule has 3 rings (SSSR count). The highest BCUT2D eigenvalue weighted by Gasteiger charge is 2.23. The van der Waals surface area contributed by atoms with Crippen molar-refractivity contribution in [2.45, 2.75) is 38.6 Å². The number of rotatable bonds is 7. The Balaban J connectivity index is 0.00000341. The molecule has 170 valence electrons. The van der Waals surface area contributed by atoms with E-state index in [-0.39, 0.29) is 29.7 Å². The van der Waals surface area contributed by atoms with Gasteiger partial charge in [-0.05, 0) is 43.5 Å². The first-order chi connectivity index (χ1) is 14.3. The Bertz CT molecular complexity index is 960. The van der Waals surface area contributed by atoms with Gasteiger partial charge in [0.1, 0.15) is 0 Å². The van der Waals surface area contributed by atoms with Crippen LogP contribution in [0.5, 0.6) is 0 Å². The SMILES string of the molecule is CCNC(=NCc1ccc(CS(C)(=O)=O)cc1)NC1CCN(c2ccc(C)cc2)C1.I. The number of aryl methyl sites for hydroxylation is 1. The lowest BCUT2D eigenvalue weighted by Crippen LogP contribution is -2.44. The summed E-state index contributed by atoms with van der Waals surface area (Å²) >= 11 is 0. The minimum absolute atomic E-state index is 0. The number of hydrogen-bond acceptors (Lipinski definition) is 4. The lowest BCUT2D eigenvalue weighted by molar-refractivity contribution is 0.601. The van der Waals surface area contributed by atoms with Gasteiger partial charge in [-0.1, -0.05) is 42.0 Å². The molecule has 1 fully saturated rings. The molecule has 1 unspecified atom stereocenters. The van der Waals surface area contributed by atoms with E-state index in [1.807, 2.05) is 24.3 Å². The van der Waals surface area contributed by atoms with Crippen molar-refractivity contribution in [2.24, 2.45) is 4.99 Å². The fourth-order valence-corrected chi connectivity index (χ4v) is 4.39. The molecule has 1 aliphatic heterocycles. The van der Waals surface area contributed by atoms with Crippen molar-refractivity contribution < 1.29 is 8.42 Å². The zero-order valence-corrected chi connectivity index (χ0v) is 21.6. The van der Waals surface area contributed by atoms with Crippen LogP contribution in [0.15, 0.2) is 53.5 Å². The zero-order valence-electron chi connectivity index (χ0n) is 18.5. The molecule has 0 amide bonds. The van der Waals surface area contributed by atoms with Gasteiger partial charge in [0.25, 0.3) is 0 Å². The van der Waals surface area contributed by atoms with E-state index in [0.717, 1.165) is 43.1 Å². The third kappa shape index (κ3) is 8.33. The van der Waals surface area contributed by atoms with Crippen LogP contribution in [0.2, 0.25) is 0 Å². The molecule has 1 saturated heterocycles. The quantitative estimate of drug-likeness (QED) is 0.311. The van der Waals surface area contributed by atoms with Gasteiger partial charge < -0.3 is 15.5 Å². The van der Waals surface area contributed by atoms with Crippen LogP contribution in [0, 0.1) is 6.92 Å². The summed E-state index contributed by atoms with van der Waals surface area (Å²) in [6.07, 6.45) is 2.32. The molecule has 8 heteroatoms. The van der Waals surface area contributed by atoms with E-state index in [1.165, 1.54) is 17.5 Å². The molecule has 0 saturated carbocycles. The summed E-state index contributed by atoms with van der Waals surface area (Å²) in [5, 5.41) is 6.88. The average molecular weight is 557 g/mol. The summed E-state index contributed by atoms with van der Waals surface area (Å²) in [7, 11) is -3.01. The molecule has 2 aromatic carbocycles. The molecule has 2 aromatic rings. The molecule has 1 aliphatic rings. The number of anilines is 1. The number of aliphatic imine (C=N–C) groups is 1. The van der Waals surface area contributed by atoms with Crippen molar-refractivity contribution in [3.63, 3.8) is 0 Å². The van der Waals surface area contributed by atoms with Crippen LogP contribution < -0.4 is 15.5 Å². The van der Waals surface area contributed by atoms with E-state index >= 15 is 0 Å². The lowest BCUT2D eigenvalue weighted by Gasteiger charge is -2.20. The monoisotopic (exact) mass is 556 g/mol. The molecule has 6 nitrogen and oxygen atoms in total. The molecule has 1 heterocycles. The third-order valence-electron chi connectivity index (χ3n) is 5.14. The Morgan fingerprint density at radius 1 is 1.10 bits per heavy atom. The maximum Gasteiger partial charge on any atom is 0.191 e. The summed E-state index contributed by atoms with van der Waals surface area (Å²) in [4.78, 5) is 7.12. The lowest BCUT2D eigenvalue weighted by atomic mass is 10.1. The molecule has 0 bridgehead atoms. The summed E-state index contributed by atoms with van der Waals surface area (Å²) in [5.41, 5.74) is 4.40. The Morgan fingerprint density at radius 2 is 1.74 bits per heavy atom. The summed E-state index contributed by atoms with van der Waals surface area (Å²) in [6, 6.07) is 16.7. The van der Waals surface area contributed by atoms with Crippen LogP contribution in [-0.2, 0) is 22.1 Å². The van der Waals surface area contributed by atoms with Gasteiger partial charge in [0, 0.05) is 37.6 Å². The van der Waals surface area contributed by atoms with Crippen molar-refractivity contribution >= 4 is 45.5 Å². The number of halogens is 1. The molecule has 2 N–H and O–H groups in total. The van der Waals surface area contributed by atoms with Crippen molar-refractivity contribution in [1.82, 2.24) is 10.6 Å². The highest BCUT2D eigenvalue weighted by Crippen LogP contribution is 2.20. The minimum Gasteiger partial charge on any atom is -0.369 e. The van der Waals surface area contributed by atoms with Gasteiger partial charge in [-0.2, -0.15) is 0 Å². The van der Waals surface area contributed by atoms with Gasteiger partial charge in [-0.25, -0.2) is 13.4 Å². The smallest absolute Gasteiger partial charge is 0.191 e. The fourth-order valence-electron chi connectivity index (χ4n) is 3.60. The standard InChI is InChI=1S/C23H32N4O2S.HI/c1-4-24-23(25-15-19-7-9-20(10-8-19)17-30(3,28)29)26-21-13-14-27(16-21)22-11-5-18(2)6-12-22;/h5-12,21H,4,13-17H2,1-3H3,(H2,24,25,26);1H. The molecule has 0 aliphatic carbocycles. The van der Waals surface area contributed by atoms with Crippen molar-refractivity contribution in [2.75, 3.05) is 30.8 Å². The van der Waals surface area contributed by atoms with Crippen LogP contribution in [0.25, 0.3) is 0 Å². The van der Waals surface area contributed by atoms with Gasteiger partial charge in [-0.15, -0.1) is 24.0 Å². The zero-order chi connectivity index (χ0) is 21.6. The normalized spacial score (nSPS) is 16.7. The second-order valence-electron chi connectivity index (χ2n) is 7.99. The molecular formula is C23H33IN4O2S. The molecule has 31 heavy (non-hydrogen) atoms. The van der Waals surface area contributed by atoms with Crippen molar-refractivity contribution in [1.29, 1.82) is 0 Å². The van der Waals surface area contributed by atoms with E-state index in [4.69, 9.17) is 4.99 Å². The molecule has 0 aromatic heterocycles. The number of benzene rings is 2. The maximum absolute atomic E-state index is 11.4. The van der Waals surface area contributed by atoms with E-state index < -0.39 is 9.84 Å². The van der Waals surface area contributed by atoms with E-state index in [2.05, 4.69) is 53.6 Å². The Labute approximate surface area is 203 Å². The van der Waals surface area contributed by atoms with Crippen LogP contribution in [0.1, 0.15) is 30.0 Å². The highest BCUT2D eigenvalue weighted by molar-refractivity contribution is 14.0. The minimum atomic E-state index is -3.01. The first-order valence-corrected chi connectivity index (χ1v) is 12.5. The van der Waals surface area contributed by atoms with Crippen molar-refractivity contribution in [3.8, 4) is 0 Å². The number of nitrogens with zero attached hydrogens (tertiary/aromatic N) is 2. The Morgan fingerprint density at radius 3 is 2.35 bits per heavy atom. The summed E-state index contributed by atoms with van der Waals surface area (Å²) < 4.78 is 22.8. The largest absolute Gasteiger partial charge is 0.369 e. The van der Waals surface area contributed by atoms with Gasteiger partial charge in [0.15, 0.2) is 15.8 Å². The van der Waals surface area contributed by atoms with E-state index in [1.54, 1.807) is 0 Å². The second kappa shape index (κ2) is 11.7. The van der Waals surface area contributed by atoms with E-state index in [0.29, 0.717) is 12.6 Å². The number of nitrogens with one attached hydrogen (secondary N) is 2. The average Bonchev–Trinajstić information content (AvgIpc) is 3.15. The molecule has 1 atom stereocenters. The van der Waals surface area contributed by atoms with Crippen LogP contribution in [-0.4, -0.2) is 46.3 Å². The number of hydrogen-bond donors (Lipinski definition) is 2. The van der Waals surface area contributed by atoms with Crippen molar-refractivity contribution in [3.05, 3.63) is 65.2 Å². The Kier molecular flexibility index (Phi) is 9.61. The second-order valence-corrected chi connectivity index (χ2v) is 10.1. The highest BCUT2D eigenvalue weighted by atomic mass is 127. The number of sulfone groups is 1. The van der Waals surface area contributed by atoms with Crippen LogP contribution in [0.4, 0.5) is 5.69 Å². The topological polar surface area (TPSA) is 73.8 Å². The molecular weight excluding hydrogens is 523 g/mol. The van der Waals surface area contributed by atoms with Crippen LogP contribution in [0.3, 0.4) is 0 Å². The maximum atomic E-state index is 11.4. The fraction of sp³-hybridized carbons (Fsp3) is 0.435. The summed E-state index contributed by atoms with van der Waals surface area (Å²) in [6.45, 7) is 7.49. The molecule has 0 radical (unpaired) electrons. The summed E-state index contributed by atoms with van der Waals surface area (Å²) in [5.74, 6) is 0.883. The molecule has 0 spiro atoms. The third-order valence-corrected chi connectivity index (χ3v) is 6.00. The first kappa shape index (κ1) is 25.5. The van der Waals surface area contributed by atoms with E-state index in [9.17, 15) is 8.42 Å².